The number of phenols is 1. The van der Waals surface area contributed by atoms with Gasteiger partial charge >= 0.3 is 0 Å². The summed E-state index contributed by atoms with van der Waals surface area (Å²) < 4.78 is 26.3. The van der Waals surface area contributed by atoms with Crippen molar-refractivity contribution in [2.75, 3.05) is 10.5 Å². The lowest BCUT2D eigenvalue weighted by Crippen LogP contribution is -2.16. The third kappa shape index (κ3) is 8.60. The Balaban J connectivity index is 2.17. The van der Waals surface area contributed by atoms with Crippen LogP contribution < -0.4 is 4.72 Å². The van der Waals surface area contributed by atoms with Crippen LogP contribution in [0.1, 0.15) is 58.3 Å². The van der Waals surface area contributed by atoms with E-state index < -0.39 is 10.0 Å². The summed E-state index contributed by atoms with van der Waals surface area (Å²) >= 11 is 0. The van der Waals surface area contributed by atoms with Gasteiger partial charge in [0.25, 0.3) is 0 Å². The summed E-state index contributed by atoms with van der Waals surface area (Å²) in [6.07, 6.45) is 9.06. The maximum absolute atomic E-state index is 11.9. The van der Waals surface area contributed by atoms with Crippen molar-refractivity contribution in [2.24, 2.45) is 0 Å². The molecular formula is C16H27NO3S. The SMILES string of the molecule is CCCCCCCCCCS(=O)(=O)Nc1ccc(O)cc1. The van der Waals surface area contributed by atoms with Crippen LogP contribution in [-0.2, 0) is 10.0 Å². The highest BCUT2D eigenvalue weighted by atomic mass is 32.2. The second-order valence-electron chi connectivity index (χ2n) is 5.44. The number of benzene rings is 1. The molecule has 1 aromatic carbocycles. The van der Waals surface area contributed by atoms with Gasteiger partial charge in [0.05, 0.1) is 5.75 Å². The summed E-state index contributed by atoms with van der Waals surface area (Å²) in [4.78, 5) is 0. The predicted octanol–water partition coefficient (Wildman–Crippen LogP) is 4.27. The molecule has 120 valence electrons. The van der Waals surface area contributed by atoms with Crippen LogP contribution in [-0.4, -0.2) is 19.3 Å². The van der Waals surface area contributed by atoms with Crippen molar-refractivity contribution in [3.8, 4) is 5.75 Å². The third-order valence-electron chi connectivity index (χ3n) is 3.41. The summed E-state index contributed by atoms with van der Waals surface area (Å²) in [5.74, 6) is 0.282. The van der Waals surface area contributed by atoms with Gasteiger partial charge in [0.2, 0.25) is 10.0 Å². The molecule has 0 saturated heterocycles. The van der Waals surface area contributed by atoms with Gasteiger partial charge in [-0.3, -0.25) is 4.72 Å². The zero-order valence-corrected chi connectivity index (χ0v) is 13.7. The van der Waals surface area contributed by atoms with Crippen LogP contribution in [0.15, 0.2) is 24.3 Å². The van der Waals surface area contributed by atoms with Gasteiger partial charge in [-0.05, 0) is 30.7 Å². The second kappa shape index (κ2) is 9.66. The van der Waals surface area contributed by atoms with Gasteiger partial charge in [-0.25, -0.2) is 8.42 Å². The predicted molar refractivity (Wildman–Crippen MR) is 88.1 cm³/mol. The fraction of sp³-hybridized carbons (Fsp3) is 0.625. The van der Waals surface area contributed by atoms with Crippen molar-refractivity contribution in [2.45, 2.75) is 58.3 Å². The zero-order chi connectivity index (χ0) is 15.6. The third-order valence-corrected chi connectivity index (χ3v) is 4.78. The lowest BCUT2D eigenvalue weighted by molar-refractivity contribution is 0.475. The van der Waals surface area contributed by atoms with E-state index in [4.69, 9.17) is 5.11 Å². The summed E-state index contributed by atoms with van der Waals surface area (Å²) in [5.41, 5.74) is 0.493. The quantitative estimate of drug-likeness (QED) is 0.473. The van der Waals surface area contributed by atoms with E-state index in [1.165, 1.54) is 44.2 Å². The molecule has 0 aliphatic carbocycles. The van der Waals surface area contributed by atoms with E-state index in [1.807, 2.05) is 0 Å². The molecule has 5 heteroatoms. The molecule has 0 aliphatic rings. The van der Waals surface area contributed by atoms with Crippen LogP contribution in [0.3, 0.4) is 0 Å². The van der Waals surface area contributed by atoms with Crippen LogP contribution in [0.2, 0.25) is 0 Å². The highest BCUT2D eigenvalue weighted by Gasteiger charge is 2.09. The fourth-order valence-corrected chi connectivity index (χ4v) is 3.37. The van der Waals surface area contributed by atoms with Crippen molar-refractivity contribution < 1.29 is 13.5 Å². The Kier molecular flexibility index (Phi) is 8.20. The smallest absolute Gasteiger partial charge is 0.232 e. The van der Waals surface area contributed by atoms with Gasteiger partial charge in [-0.15, -0.1) is 0 Å². The van der Waals surface area contributed by atoms with Gasteiger partial charge in [-0.2, -0.15) is 0 Å². The van der Waals surface area contributed by atoms with Gasteiger partial charge in [0.1, 0.15) is 5.75 Å². The van der Waals surface area contributed by atoms with E-state index in [1.54, 1.807) is 12.1 Å². The summed E-state index contributed by atoms with van der Waals surface area (Å²) in [6.45, 7) is 2.20. The molecule has 21 heavy (non-hydrogen) atoms. The Morgan fingerprint density at radius 1 is 0.905 bits per heavy atom. The lowest BCUT2D eigenvalue weighted by atomic mass is 10.1. The van der Waals surface area contributed by atoms with Gasteiger partial charge < -0.3 is 5.11 Å². The van der Waals surface area contributed by atoms with E-state index in [-0.39, 0.29) is 11.5 Å². The Hall–Kier alpha value is -1.23. The van der Waals surface area contributed by atoms with Gasteiger partial charge in [0, 0.05) is 5.69 Å². The van der Waals surface area contributed by atoms with Crippen LogP contribution in [0.4, 0.5) is 5.69 Å². The first kappa shape index (κ1) is 17.8. The van der Waals surface area contributed by atoms with Crippen molar-refractivity contribution >= 4 is 15.7 Å². The lowest BCUT2D eigenvalue weighted by Gasteiger charge is -2.08. The normalized spacial score (nSPS) is 11.5. The maximum Gasteiger partial charge on any atom is 0.232 e. The molecule has 0 saturated carbocycles. The number of phenolic OH excluding ortho intramolecular Hbond substituents is 1. The number of hydrogen-bond acceptors (Lipinski definition) is 3. The van der Waals surface area contributed by atoms with E-state index >= 15 is 0 Å². The number of anilines is 1. The Morgan fingerprint density at radius 2 is 1.43 bits per heavy atom. The average Bonchev–Trinajstić information content (AvgIpc) is 2.44. The molecular weight excluding hydrogens is 286 g/mol. The van der Waals surface area contributed by atoms with Crippen LogP contribution >= 0.6 is 0 Å². The second-order valence-corrected chi connectivity index (χ2v) is 7.28. The van der Waals surface area contributed by atoms with Crippen LogP contribution in [0, 0.1) is 0 Å². The molecule has 4 nitrogen and oxygen atoms in total. The number of rotatable bonds is 11. The summed E-state index contributed by atoms with van der Waals surface area (Å²) in [7, 11) is -3.28. The Labute approximate surface area is 128 Å². The molecule has 0 heterocycles. The minimum atomic E-state index is -3.28. The minimum absolute atomic E-state index is 0.126. The number of hydrogen-bond donors (Lipinski definition) is 2. The molecule has 0 amide bonds. The monoisotopic (exact) mass is 313 g/mol. The van der Waals surface area contributed by atoms with Gasteiger partial charge in [-0.1, -0.05) is 51.9 Å². The average molecular weight is 313 g/mol. The number of unbranched alkanes of at least 4 members (excludes halogenated alkanes) is 7. The number of aromatic hydroxyl groups is 1. The van der Waals surface area contributed by atoms with E-state index in [9.17, 15) is 8.42 Å². The molecule has 0 fully saturated rings. The molecule has 1 rings (SSSR count). The van der Waals surface area contributed by atoms with E-state index in [2.05, 4.69) is 11.6 Å². The molecule has 2 N–H and O–H groups in total. The molecule has 0 aromatic heterocycles. The summed E-state index contributed by atoms with van der Waals surface area (Å²) in [6, 6.07) is 6.05. The highest BCUT2D eigenvalue weighted by molar-refractivity contribution is 7.92. The Morgan fingerprint density at radius 3 is 2.00 bits per heavy atom. The Bertz CT molecular complexity index is 483. The van der Waals surface area contributed by atoms with Crippen molar-refractivity contribution in [3.63, 3.8) is 0 Å². The topological polar surface area (TPSA) is 66.4 Å². The number of nitrogens with one attached hydrogen (secondary N) is 1. The van der Waals surface area contributed by atoms with Crippen molar-refractivity contribution in [1.29, 1.82) is 0 Å². The first-order valence-electron chi connectivity index (χ1n) is 7.83. The van der Waals surface area contributed by atoms with Gasteiger partial charge in [0.15, 0.2) is 0 Å². The first-order valence-corrected chi connectivity index (χ1v) is 9.48. The first-order chi connectivity index (χ1) is 10.0. The molecule has 0 atom stereocenters. The van der Waals surface area contributed by atoms with E-state index in [0.717, 1.165) is 12.8 Å². The van der Waals surface area contributed by atoms with Crippen LogP contribution in [0.5, 0.6) is 5.75 Å². The van der Waals surface area contributed by atoms with E-state index in [0.29, 0.717) is 12.1 Å². The largest absolute Gasteiger partial charge is 0.508 e. The molecule has 0 unspecified atom stereocenters. The summed E-state index contributed by atoms with van der Waals surface area (Å²) in [5, 5.41) is 9.16. The molecule has 0 bridgehead atoms. The molecule has 1 aromatic rings. The van der Waals surface area contributed by atoms with Crippen LogP contribution in [0.25, 0.3) is 0 Å². The highest BCUT2D eigenvalue weighted by Crippen LogP contribution is 2.16. The molecule has 0 spiro atoms. The zero-order valence-electron chi connectivity index (χ0n) is 12.8. The molecule has 0 aliphatic heterocycles. The number of sulfonamides is 1. The van der Waals surface area contributed by atoms with Crippen molar-refractivity contribution in [1.82, 2.24) is 0 Å². The maximum atomic E-state index is 11.9. The minimum Gasteiger partial charge on any atom is -0.508 e. The fourth-order valence-electron chi connectivity index (χ4n) is 2.19. The van der Waals surface area contributed by atoms with Crippen molar-refractivity contribution in [3.05, 3.63) is 24.3 Å². The molecule has 0 radical (unpaired) electrons. The standard InChI is InChI=1S/C16H27NO3S/c1-2-3-4-5-6-7-8-9-14-21(19,20)17-15-10-12-16(18)13-11-15/h10-13,17-18H,2-9,14H2,1H3.